The zero-order valence-electron chi connectivity index (χ0n) is 16.9. The van der Waals surface area contributed by atoms with Crippen LogP contribution in [0.15, 0.2) is 72.5 Å². The number of carbonyl (C=O) groups excluding carboxylic acids is 1. The van der Waals surface area contributed by atoms with E-state index >= 15 is 0 Å². The zero-order chi connectivity index (χ0) is 20.9. The van der Waals surface area contributed by atoms with E-state index in [0.717, 1.165) is 22.6 Å². The molecule has 0 bridgehead atoms. The van der Waals surface area contributed by atoms with Gasteiger partial charge in [0.1, 0.15) is 29.6 Å². The molecular formula is C25H22O5. The number of allylic oxidation sites excluding steroid dienone is 1. The van der Waals surface area contributed by atoms with Gasteiger partial charge in [-0.3, -0.25) is 4.79 Å². The molecule has 1 heterocycles. The van der Waals surface area contributed by atoms with Crippen molar-refractivity contribution in [2.75, 3.05) is 13.7 Å². The fourth-order valence-corrected chi connectivity index (χ4v) is 3.12. The molecule has 1 aliphatic heterocycles. The van der Waals surface area contributed by atoms with E-state index in [2.05, 4.69) is 0 Å². The van der Waals surface area contributed by atoms with Crippen molar-refractivity contribution in [3.05, 3.63) is 89.2 Å². The highest BCUT2D eigenvalue weighted by molar-refractivity contribution is 6.14. The van der Waals surface area contributed by atoms with E-state index < -0.39 is 0 Å². The molecule has 0 spiro atoms. The molecule has 0 N–H and O–H groups in total. The lowest BCUT2D eigenvalue weighted by Crippen LogP contribution is -1.98. The average Bonchev–Trinajstić information content (AvgIpc) is 3.09. The van der Waals surface area contributed by atoms with E-state index in [1.54, 1.807) is 31.4 Å². The van der Waals surface area contributed by atoms with Crippen molar-refractivity contribution >= 4 is 11.9 Å². The van der Waals surface area contributed by atoms with Crippen LogP contribution in [0.25, 0.3) is 6.08 Å². The molecule has 5 nitrogen and oxygen atoms in total. The van der Waals surface area contributed by atoms with Crippen LogP contribution in [0.2, 0.25) is 0 Å². The van der Waals surface area contributed by atoms with Gasteiger partial charge in [-0.05, 0) is 60.5 Å². The van der Waals surface area contributed by atoms with Crippen LogP contribution >= 0.6 is 0 Å². The molecule has 0 saturated carbocycles. The molecule has 0 radical (unpaired) electrons. The van der Waals surface area contributed by atoms with Crippen molar-refractivity contribution in [2.45, 2.75) is 13.5 Å². The van der Waals surface area contributed by atoms with E-state index in [0.29, 0.717) is 36.0 Å². The molecule has 0 aliphatic carbocycles. The standard InChI is InChI=1S/C25H22O5/c1-3-28-20-10-4-17(5-11-20)14-24-25(26)22-13-12-21(15-23(22)30-24)29-16-18-6-8-19(27-2)9-7-18/h4-15H,3,16H2,1-2H3/b24-14-. The monoisotopic (exact) mass is 402 g/mol. The fraction of sp³-hybridized carbons (Fsp3) is 0.160. The number of Topliss-reactive ketones (excluding diaryl/α,β-unsaturated/α-hetero) is 1. The summed E-state index contributed by atoms with van der Waals surface area (Å²) in [5.41, 5.74) is 2.42. The first-order valence-electron chi connectivity index (χ1n) is 9.73. The second-order valence-electron chi connectivity index (χ2n) is 6.74. The summed E-state index contributed by atoms with van der Waals surface area (Å²) in [7, 11) is 1.63. The Balaban J connectivity index is 1.45. The van der Waals surface area contributed by atoms with Crippen LogP contribution in [0, 0.1) is 0 Å². The Morgan fingerprint density at radius 1 is 0.867 bits per heavy atom. The summed E-state index contributed by atoms with van der Waals surface area (Å²) in [5.74, 6) is 2.89. The molecule has 4 rings (SSSR count). The molecule has 30 heavy (non-hydrogen) atoms. The van der Waals surface area contributed by atoms with Crippen LogP contribution in [0.1, 0.15) is 28.4 Å². The maximum Gasteiger partial charge on any atom is 0.231 e. The second kappa shape index (κ2) is 8.74. The van der Waals surface area contributed by atoms with E-state index in [4.69, 9.17) is 18.9 Å². The molecule has 5 heteroatoms. The summed E-state index contributed by atoms with van der Waals surface area (Å²) in [6.45, 7) is 2.96. The summed E-state index contributed by atoms with van der Waals surface area (Å²) in [6, 6.07) is 20.5. The Labute approximate surface area is 175 Å². The molecule has 0 atom stereocenters. The van der Waals surface area contributed by atoms with Gasteiger partial charge in [0, 0.05) is 6.07 Å². The number of rotatable bonds is 7. The van der Waals surface area contributed by atoms with Crippen LogP contribution < -0.4 is 18.9 Å². The Morgan fingerprint density at radius 2 is 1.57 bits per heavy atom. The van der Waals surface area contributed by atoms with E-state index in [9.17, 15) is 4.79 Å². The van der Waals surface area contributed by atoms with Gasteiger partial charge in [-0.2, -0.15) is 0 Å². The Kier molecular flexibility index (Phi) is 5.70. The maximum atomic E-state index is 12.7. The molecule has 0 amide bonds. The minimum Gasteiger partial charge on any atom is -0.497 e. The molecular weight excluding hydrogens is 380 g/mol. The first-order chi connectivity index (χ1) is 14.7. The molecule has 3 aromatic rings. The topological polar surface area (TPSA) is 54.0 Å². The lowest BCUT2D eigenvalue weighted by molar-refractivity contribution is 0.101. The van der Waals surface area contributed by atoms with Crippen molar-refractivity contribution < 1.29 is 23.7 Å². The molecule has 0 unspecified atom stereocenters. The van der Waals surface area contributed by atoms with Gasteiger partial charge >= 0.3 is 0 Å². The third kappa shape index (κ3) is 4.30. The van der Waals surface area contributed by atoms with Gasteiger partial charge in [0.05, 0.1) is 19.3 Å². The van der Waals surface area contributed by atoms with Crippen LogP contribution in [-0.2, 0) is 6.61 Å². The lowest BCUT2D eigenvalue weighted by atomic mass is 10.1. The van der Waals surface area contributed by atoms with Crippen LogP contribution in [0.4, 0.5) is 0 Å². The van der Waals surface area contributed by atoms with Crippen molar-refractivity contribution in [3.63, 3.8) is 0 Å². The Bertz CT molecular complexity index is 1070. The highest BCUT2D eigenvalue weighted by Gasteiger charge is 2.27. The van der Waals surface area contributed by atoms with Gasteiger partial charge in [-0.1, -0.05) is 24.3 Å². The van der Waals surface area contributed by atoms with Gasteiger partial charge < -0.3 is 18.9 Å². The summed E-state index contributed by atoms with van der Waals surface area (Å²) in [5, 5.41) is 0. The molecule has 1 aliphatic rings. The highest BCUT2D eigenvalue weighted by Crippen LogP contribution is 2.35. The SMILES string of the molecule is CCOc1ccc(/C=C2\Oc3cc(OCc4ccc(OC)cc4)ccc3C2=O)cc1. The van der Waals surface area contributed by atoms with Crippen molar-refractivity contribution in [1.29, 1.82) is 0 Å². The number of methoxy groups -OCH3 is 1. The fourth-order valence-electron chi connectivity index (χ4n) is 3.12. The van der Waals surface area contributed by atoms with Crippen molar-refractivity contribution in [2.24, 2.45) is 0 Å². The van der Waals surface area contributed by atoms with Gasteiger partial charge in [-0.15, -0.1) is 0 Å². The lowest BCUT2D eigenvalue weighted by Gasteiger charge is -2.08. The normalized spacial score (nSPS) is 13.7. The Hall–Kier alpha value is -3.73. The van der Waals surface area contributed by atoms with Gasteiger partial charge in [0.15, 0.2) is 5.76 Å². The molecule has 0 aromatic heterocycles. The first-order valence-corrected chi connectivity index (χ1v) is 9.73. The summed E-state index contributed by atoms with van der Waals surface area (Å²) < 4.78 is 22.3. The van der Waals surface area contributed by atoms with Crippen LogP contribution in [0.5, 0.6) is 23.0 Å². The maximum absolute atomic E-state index is 12.7. The predicted octanol–water partition coefficient (Wildman–Crippen LogP) is 5.29. The van der Waals surface area contributed by atoms with Crippen LogP contribution in [0.3, 0.4) is 0 Å². The van der Waals surface area contributed by atoms with E-state index in [-0.39, 0.29) is 5.78 Å². The highest BCUT2D eigenvalue weighted by atomic mass is 16.5. The molecule has 0 saturated heterocycles. The van der Waals surface area contributed by atoms with Gasteiger partial charge in [0.25, 0.3) is 0 Å². The zero-order valence-corrected chi connectivity index (χ0v) is 16.9. The number of hydrogen-bond donors (Lipinski definition) is 0. The number of benzene rings is 3. The summed E-state index contributed by atoms with van der Waals surface area (Å²) in [4.78, 5) is 12.7. The molecule has 3 aromatic carbocycles. The third-order valence-corrected chi connectivity index (χ3v) is 4.69. The van der Waals surface area contributed by atoms with Gasteiger partial charge in [-0.25, -0.2) is 0 Å². The van der Waals surface area contributed by atoms with Crippen molar-refractivity contribution in [1.82, 2.24) is 0 Å². The minimum atomic E-state index is -0.138. The quantitative estimate of drug-likeness (QED) is 0.503. The number of ether oxygens (including phenoxy) is 4. The van der Waals surface area contributed by atoms with Crippen molar-refractivity contribution in [3.8, 4) is 23.0 Å². The number of fused-ring (bicyclic) bond motifs is 1. The number of ketones is 1. The van der Waals surface area contributed by atoms with E-state index in [1.165, 1.54) is 0 Å². The van der Waals surface area contributed by atoms with Gasteiger partial charge in [0.2, 0.25) is 5.78 Å². The second-order valence-corrected chi connectivity index (χ2v) is 6.74. The van der Waals surface area contributed by atoms with E-state index in [1.807, 2.05) is 55.5 Å². The van der Waals surface area contributed by atoms with Crippen LogP contribution in [-0.4, -0.2) is 19.5 Å². The summed E-state index contributed by atoms with van der Waals surface area (Å²) >= 11 is 0. The number of hydrogen-bond acceptors (Lipinski definition) is 5. The number of carbonyl (C=O) groups is 1. The minimum absolute atomic E-state index is 0.138. The average molecular weight is 402 g/mol. The third-order valence-electron chi connectivity index (χ3n) is 4.69. The predicted molar refractivity (Wildman–Crippen MR) is 114 cm³/mol. The largest absolute Gasteiger partial charge is 0.497 e. The smallest absolute Gasteiger partial charge is 0.231 e. The first kappa shape index (κ1) is 19.6. The summed E-state index contributed by atoms with van der Waals surface area (Å²) in [6.07, 6.45) is 1.73. The molecule has 0 fully saturated rings. The molecule has 152 valence electrons. The Morgan fingerprint density at radius 3 is 2.27 bits per heavy atom.